The van der Waals surface area contributed by atoms with Crippen molar-refractivity contribution in [2.75, 3.05) is 26.7 Å². The van der Waals surface area contributed by atoms with E-state index in [1.54, 1.807) is 4.90 Å². The van der Waals surface area contributed by atoms with Crippen LogP contribution in [0, 0.1) is 11.8 Å². The molecule has 1 amide bonds. The number of methoxy groups -OCH3 is 1. The predicted octanol–water partition coefficient (Wildman–Crippen LogP) is 3.04. The van der Waals surface area contributed by atoms with Gasteiger partial charge in [-0.3, -0.25) is 4.79 Å². The molecule has 0 unspecified atom stereocenters. The zero-order chi connectivity index (χ0) is 23.4. The average Bonchev–Trinajstić information content (AvgIpc) is 3.01. The molecule has 9 heteroatoms. The number of rotatable bonds is 3. The highest BCUT2D eigenvalue weighted by atomic mass is 32.2. The molecular formula is C24H26N2O5S2. The fourth-order valence-electron chi connectivity index (χ4n) is 4.17. The Bertz CT molecular complexity index is 1200. The highest BCUT2D eigenvalue weighted by Crippen LogP contribution is 2.38. The summed E-state index contributed by atoms with van der Waals surface area (Å²) in [4.78, 5) is 27.6. The molecule has 3 heterocycles. The number of hydrogen-bond donors (Lipinski definition) is 0. The third-order valence-corrected chi connectivity index (χ3v) is 9.54. The lowest BCUT2D eigenvalue weighted by atomic mass is 10.0. The number of thiophene rings is 1. The van der Waals surface area contributed by atoms with Gasteiger partial charge in [0.25, 0.3) is 15.9 Å². The van der Waals surface area contributed by atoms with Crippen molar-refractivity contribution >= 4 is 33.2 Å². The summed E-state index contributed by atoms with van der Waals surface area (Å²) in [6.07, 6.45) is 3.99. The Morgan fingerprint density at radius 2 is 1.73 bits per heavy atom. The molecule has 0 aliphatic carbocycles. The summed E-state index contributed by atoms with van der Waals surface area (Å²) in [7, 11) is -2.57. The van der Waals surface area contributed by atoms with Crippen LogP contribution in [0.5, 0.6) is 0 Å². The molecule has 2 aromatic rings. The second-order valence-electron chi connectivity index (χ2n) is 8.07. The van der Waals surface area contributed by atoms with Gasteiger partial charge in [0.2, 0.25) is 0 Å². The number of nitrogens with zero attached hydrogens (tertiary/aromatic N) is 2. The van der Waals surface area contributed by atoms with Crippen molar-refractivity contribution in [2.24, 2.45) is 0 Å². The monoisotopic (exact) mass is 486 g/mol. The Morgan fingerprint density at radius 1 is 1.03 bits per heavy atom. The summed E-state index contributed by atoms with van der Waals surface area (Å²) in [6, 6.07) is 9.25. The van der Waals surface area contributed by atoms with Crippen LogP contribution in [0.4, 0.5) is 0 Å². The van der Waals surface area contributed by atoms with Gasteiger partial charge in [-0.2, -0.15) is 4.31 Å². The van der Waals surface area contributed by atoms with Gasteiger partial charge in [-0.25, -0.2) is 13.2 Å². The molecule has 0 N–H and O–H groups in total. The van der Waals surface area contributed by atoms with Crippen molar-refractivity contribution in [3.05, 3.63) is 51.9 Å². The summed E-state index contributed by atoms with van der Waals surface area (Å²) in [6.45, 7) is 1.48. The van der Waals surface area contributed by atoms with Crippen molar-refractivity contribution in [3.8, 4) is 11.8 Å². The van der Waals surface area contributed by atoms with E-state index in [-0.39, 0.29) is 22.2 Å². The molecule has 0 saturated carbocycles. The van der Waals surface area contributed by atoms with E-state index in [2.05, 4.69) is 11.8 Å². The van der Waals surface area contributed by atoms with E-state index in [0.29, 0.717) is 36.5 Å². The lowest BCUT2D eigenvalue weighted by Gasteiger charge is -2.25. The molecule has 7 nitrogen and oxygen atoms in total. The average molecular weight is 487 g/mol. The number of esters is 1. The maximum absolute atomic E-state index is 13.5. The number of hydrogen-bond acceptors (Lipinski definition) is 6. The SMILES string of the molecule is COC(=O)c1c(S(=O)(=O)N2CCCCCC2)sc2c1CCN(C(=O)C#Cc1ccccc1)C2. The fraction of sp³-hybridized carbons (Fsp3) is 0.417. The normalized spacial score (nSPS) is 16.8. The predicted molar refractivity (Wildman–Crippen MR) is 125 cm³/mol. The Morgan fingerprint density at radius 3 is 2.39 bits per heavy atom. The lowest BCUT2D eigenvalue weighted by molar-refractivity contribution is -0.125. The standard InChI is InChI=1S/C24H26N2O5S2/c1-31-23(28)22-19-13-16-25(21(27)12-11-18-9-5-4-6-10-18)17-20(19)32-24(22)33(29,30)26-14-7-2-3-8-15-26/h4-6,9-10H,2-3,7-8,13-17H2,1H3. The molecule has 33 heavy (non-hydrogen) atoms. The molecule has 4 rings (SSSR count). The van der Waals surface area contributed by atoms with Crippen LogP contribution < -0.4 is 0 Å². The van der Waals surface area contributed by atoms with E-state index >= 15 is 0 Å². The molecule has 1 aromatic heterocycles. The minimum Gasteiger partial charge on any atom is -0.465 e. The number of fused-ring (bicyclic) bond motifs is 1. The molecule has 174 valence electrons. The minimum atomic E-state index is -3.83. The van der Waals surface area contributed by atoms with Crippen molar-refractivity contribution in [3.63, 3.8) is 0 Å². The van der Waals surface area contributed by atoms with Crippen molar-refractivity contribution < 1.29 is 22.7 Å². The van der Waals surface area contributed by atoms with E-state index < -0.39 is 16.0 Å². The molecule has 0 atom stereocenters. The number of sulfonamides is 1. The zero-order valence-corrected chi connectivity index (χ0v) is 20.1. The second-order valence-corrected chi connectivity index (χ2v) is 11.3. The van der Waals surface area contributed by atoms with Crippen LogP contribution in [-0.2, 0) is 32.5 Å². The summed E-state index contributed by atoms with van der Waals surface area (Å²) in [5.41, 5.74) is 1.54. The van der Waals surface area contributed by atoms with E-state index in [9.17, 15) is 18.0 Å². The molecule has 0 radical (unpaired) electrons. The van der Waals surface area contributed by atoms with Gasteiger partial charge >= 0.3 is 5.97 Å². The Labute approximate surface area is 198 Å². The van der Waals surface area contributed by atoms with E-state index in [1.807, 2.05) is 30.3 Å². The smallest absolute Gasteiger partial charge is 0.340 e. The third-order valence-electron chi connectivity index (χ3n) is 5.93. The van der Waals surface area contributed by atoms with Crippen LogP contribution in [0.15, 0.2) is 34.5 Å². The summed E-state index contributed by atoms with van der Waals surface area (Å²) >= 11 is 1.08. The Hall–Kier alpha value is -2.67. The maximum atomic E-state index is 13.5. The molecule has 1 fully saturated rings. The van der Waals surface area contributed by atoms with E-state index in [1.165, 1.54) is 11.4 Å². The quantitative estimate of drug-likeness (QED) is 0.492. The first-order valence-electron chi connectivity index (χ1n) is 11.0. The van der Waals surface area contributed by atoms with Crippen LogP contribution in [0.2, 0.25) is 0 Å². The largest absolute Gasteiger partial charge is 0.465 e. The first-order chi connectivity index (χ1) is 15.9. The highest BCUT2D eigenvalue weighted by molar-refractivity contribution is 7.91. The number of amides is 1. The summed E-state index contributed by atoms with van der Waals surface area (Å²) in [5, 5.41) is 0. The van der Waals surface area contributed by atoms with Gasteiger partial charge in [-0.15, -0.1) is 11.3 Å². The van der Waals surface area contributed by atoms with Gasteiger partial charge in [0.15, 0.2) is 0 Å². The number of carbonyl (C=O) groups is 2. The van der Waals surface area contributed by atoms with Gasteiger partial charge < -0.3 is 9.64 Å². The molecular weight excluding hydrogens is 460 g/mol. The second kappa shape index (κ2) is 10.1. The van der Waals surface area contributed by atoms with Crippen molar-refractivity contribution in [1.29, 1.82) is 0 Å². The van der Waals surface area contributed by atoms with Crippen LogP contribution in [0.1, 0.15) is 52.0 Å². The fourth-order valence-corrected chi connectivity index (χ4v) is 7.72. The molecule has 1 aromatic carbocycles. The maximum Gasteiger partial charge on any atom is 0.340 e. The summed E-state index contributed by atoms with van der Waals surface area (Å²) < 4.78 is 33.5. The lowest BCUT2D eigenvalue weighted by Crippen LogP contribution is -2.35. The third kappa shape index (κ3) is 4.98. The van der Waals surface area contributed by atoms with Crippen molar-refractivity contribution in [2.45, 2.75) is 42.9 Å². The number of carbonyl (C=O) groups excluding carboxylic acids is 2. The molecule has 1 saturated heterocycles. The first kappa shape index (κ1) is 23.5. The summed E-state index contributed by atoms with van der Waals surface area (Å²) in [5.74, 6) is 4.56. The number of benzene rings is 1. The molecule has 0 bridgehead atoms. The van der Waals surface area contributed by atoms with Crippen LogP contribution in [0.25, 0.3) is 0 Å². The molecule has 0 spiro atoms. The minimum absolute atomic E-state index is 0.0333. The Balaban J connectivity index is 1.64. The highest BCUT2D eigenvalue weighted by Gasteiger charge is 2.37. The van der Waals surface area contributed by atoms with E-state index in [0.717, 1.165) is 42.6 Å². The van der Waals surface area contributed by atoms with Crippen LogP contribution >= 0.6 is 11.3 Å². The number of ether oxygens (including phenoxy) is 1. The van der Waals surface area contributed by atoms with Crippen molar-refractivity contribution in [1.82, 2.24) is 9.21 Å². The van der Waals surface area contributed by atoms with Gasteiger partial charge in [-0.1, -0.05) is 37.0 Å². The Kier molecular flexibility index (Phi) is 7.17. The topological polar surface area (TPSA) is 84.0 Å². The van der Waals surface area contributed by atoms with Gasteiger partial charge in [-0.05, 0) is 37.0 Å². The molecule has 2 aliphatic heterocycles. The van der Waals surface area contributed by atoms with Crippen LogP contribution in [-0.4, -0.2) is 56.2 Å². The van der Waals surface area contributed by atoms with E-state index in [4.69, 9.17) is 4.74 Å². The van der Waals surface area contributed by atoms with Gasteiger partial charge in [0.05, 0.1) is 19.2 Å². The zero-order valence-electron chi connectivity index (χ0n) is 18.5. The van der Waals surface area contributed by atoms with Gasteiger partial charge in [0.1, 0.15) is 4.21 Å². The molecule has 2 aliphatic rings. The first-order valence-corrected chi connectivity index (χ1v) is 13.3. The van der Waals surface area contributed by atoms with Crippen LogP contribution in [0.3, 0.4) is 0 Å². The van der Waals surface area contributed by atoms with Gasteiger partial charge in [0, 0.05) is 36.0 Å².